The van der Waals surface area contributed by atoms with Gasteiger partial charge in [0.25, 0.3) is 0 Å². The Bertz CT molecular complexity index is 1340. The highest BCUT2D eigenvalue weighted by molar-refractivity contribution is 9.10. The zero-order valence-electron chi connectivity index (χ0n) is 20.6. The van der Waals surface area contributed by atoms with Gasteiger partial charge in [0.2, 0.25) is 0 Å². The number of aliphatic imine (C=N–C) groups is 1. The van der Waals surface area contributed by atoms with E-state index in [9.17, 15) is 5.26 Å². The van der Waals surface area contributed by atoms with E-state index in [1.54, 1.807) is 43.1 Å². The maximum atomic E-state index is 9.32. The summed E-state index contributed by atoms with van der Waals surface area (Å²) < 4.78 is 14.3. The number of hydrogen-bond acceptors (Lipinski definition) is 7. The highest BCUT2D eigenvalue weighted by Gasteiger charge is 2.20. The molecule has 2 heterocycles. The molecule has 0 aliphatic rings. The number of H-pyrrole nitrogens is 1. The molecule has 1 aromatic carbocycles. The number of nitriles is 1. The van der Waals surface area contributed by atoms with Gasteiger partial charge in [-0.3, -0.25) is 9.78 Å². The fourth-order valence-corrected chi connectivity index (χ4v) is 3.69. The van der Waals surface area contributed by atoms with Gasteiger partial charge in [-0.2, -0.15) is 20.5 Å². The van der Waals surface area contributed by atoms with E-state index >= 15 is 0 Å². The molecule has 0 radical (unpaired) electrons. The molecule has 0 fully saturated rings. The predicted molar refractivity (Wildman–Crippen MR) is 140 cm³/mol. The number of benzene rings is 1. The zero-order valence-corrected chi connectivity index (χ0v) is 22.2. The summed E-state index contributed by atoms with van der Waals surface area (Å²) in [6.45, 7) is 7.79. The Labute approximate surface area is 213 Å². The van der Waals surface area contributed by atoms with Crippen LogP contribution in [0.15, 0.2) is 63.3 Å². The summed E-state index contributed by atoms with van der Waals surface area (Å²) >= 11 is 3.36. The van der Waals surface area contributed by atoms with Crippen molar-refractivity contribution in [1.82, 2.24) is 20.0 Å². The van der Waals surface area contributed by atoms with Crippen LogP contribution in [0.25, 0.3) is 5.57 Å². The Morgan fingerprint density at radius 3 is 2.66 bits per heavy atom. The standard InChI is InChI=1S/C25H28BrN7O2/c1-7-15(2)23(19-13-28-33(5)14-19)24(34-6)25(30-22-10-16(3)31-32-22)29-17(4)35-20-8-9-21(26)18(11-20)12-27/h8-11,13-14H,7H2,1-6H3,(H2,30,31,32)/b23-15+,25-24-,29-17+. The molecule has 0 aliphatic heterocycles. The van der Waals surface area contributed by atoms with Crippen LogP contribution >= 0.6 is 15.9 Å². The van der Waals surface area contributed by atoms with Crippen molar-refractivity contribution in [2.75, 3.05) is 12.4 Å². The second kappa shape index (κ2) is 11.5. The number of halogens is 1. The van der Waals surface area contributed by atoms with E-state index in [1.165, 1.54) is 0 Å². The SMILES string of the molecule is CC/C(C)=C(/C(OC)=C(\N=C(/C)Oc1ccc(Br)c(C#N)c1)Nc1cc(C)[nH]n1)c1cnn(C)c1. The predicted octanol–water partition coefficient (Wildman–Crippen LogP) is 5.69. The summed E-state index contributed by atoms with van der Waals surface area (Å²) in [6.07, 6.45) is 4.53. The molecule has 0 aliphatic carbocycles. The maximum Gasteiger partial charge on any atom is 0.193 e. The van der Waals surface area contributed by atoms with Gasteiger partial charge >= 0.3 is 0 Å². The van der Waals surface area contributed by atoms with Crippen LogP contribution in [0.1, 0.15) is 44.0 Å². The summed E-state index contributed by atoms with van der Waals surface area (Å²) in [7, 11) is 3.47. The Kier molecular flexibility index (Phi) is 8.49. The number of nitrogens with zero attached hydrogens (tertiary/aromatic N) is 5. The van der Waals surface area contributed by atoms with Gasteiger partial charge in [-0.25, -0.2) is 0 Å². The van der Waals surface area contributed by atoms with Crippen LogP contribution in [0, 0.1) is 18.3 Å². The number of aryl methyl sites for hydroxylation is 2. The first-order valence-electron chi connectivity index (χ1n) is 10.9. The molecular formula is C25H28BrN7O2. The lowest BCUT2D eigenvalue weighted by Crippen LogP contribution is -2.11. The molecule has 0 saturated carbocycles. The third-order valence-electron chi connectivity index (χ3n) is 5.14. The molecule has 0 saturated heterocycles. The summed E-state index contributed by atoms with van der Waals surface area (Å²) in [5.41, 5.74) is 4.25. The van der Waals surface area contributed by atoms with Crippen LogP contribution in [-0.2, 0) is 11.8 Å². The number of ether oxygens (including phenoxy) is 2. The minimum absolute atomic E-state index is 0.347. The van der Waals surface area contributed by atoms with Gasteiger partial charge in [-0.05, 0) is 54.4 Å². The first kappa shape index (κ1) is 25.8. The smallest absolute Gasteiger partial charge is 0.193 e. The van der Waals surface area contributed by atoms with Crippen molar-refractivity contribution in [3.8, 4) is 11.8 Å². The van der Waals surface area contributed by atoms with Crippen LogP contribution in [0.3, 0.4) is 0 Å². The molecule has 0 spiro atoms. The number of aromatic nitrogens is 4. The van der Waals surface area contributed by atoms with E-state index in [4.69, 9.17) is 14.5 Å². The highest BCUT2D eigenvalue weighted by Crippen LogP contribution is 2.32. The molecular weight excluding hydrogens is 510 g/mol. The number of hydrogen-bond donors (Lipinski definition) is 2. The van der Waals surface area contributed by atoms with Crippen molar-refractivity contribution in [3.63, 3.8) is 0 Å². The molecule has 2 aromatic heterocycles. The average molecular weight is 538 g/mol. The molecule has 0 bridgehead atoms. The van der Waals surface area contributed by atoms with Gasteiger partial charge in [0.15, 0.2) is 23.3 Å². The molecule has 3 rings (SSSR count). The molecule has 9 nitrogen and oxygen atoms in total. The van der Waals surface area contributed by atoms with E-state index < -0.39 is 0 Å². The molecule has 0 atom stereocenters. The molecule has 35 heavy (non-hydrogen) atoms. The van der Waals surface area contributed by atoms with Gasteiger partial charge in [-0.1, -0.05) is 12.5 Å². The Morgan fingerprint density at radius 2 is 2.09 bits per heavy atom. The van der Waals surface area contributed by atoms with Crippen LogP contribution < -0.4 is 10.1 Å². The number of methoxy groups -OCH3 is 1. The van der Waals surface area contributed by atoms with E-state index in [-0.39, 0.29) is 0 Å². The van der Waals surface area contributed by atoms with Crippen molar-refractivity contribution in [1.29, 1.82) is 5.26 Å². The van der Waals surface area contributed by atoms with Crippen LogP contribution in [0.2, 0.25) is 0 Å². The third-order valence-corrected chi connectivity index (χ3v) is 5.83. The van der Waals surface area contributed by atoms with E-state index in [0.717, 1.165) is 28.8 Å². The average Bonchev–Trinajstić information content (AvgIpc) is 3.45. The number of aromatic amines is 1. The quantitative estimate of drug-likeness (QED) is 0.165. The summed E-state index contributed by atoms with van der Waals surface area (Å²) in [5, 5.41) is 24.1. The number of nitrogens with one attached hydrogen (secondary N) is 2. The number of anilines is 1. The summed E-state index contributed by atoms with van der Waals surface area (Å²) in [4.78, 5) is 4.72. The van der Waals surface area contributed by atoms with E-state index in [0.29, 0.717) is 39.1 Å². The van der Waals surface area contributed by atoms with Gasteiger partial charge in [0.05, 0.1) is 18.9 Å². The second-order valence-electron chi connectivity index (χ2n) is 7.84. The van der Waals surface area contributed by atoms with Gasteiger partial charge in [0, 0.05) is 47.5 Å². The number of allylic oxidation sites excluding steroid dienone is 2. The minimum atomic E-state index is 0.347. The summed E-state index contributed by atoms with van der Waals surface area (Å²) in [6, 6.07) is 9.17. The van der Waals surface area contributed by atoms with Crippen molar-refractivity contribution in [2.45, 2.75) is 34.1 Å². The van der Waals surface area contributed by atoms with Crippen LogP contribution in [0.4, 0.5) is 5.82 Å². The highest BCUT2D eigenvalue weighted by atomic mass is 79.9. The van der Waals surface area contributed by atoms with Gasteiger partial charge in [0.1, 0.15) is 11.8 Å². The van der Waals surface area contributed by atoms with Crippen LogP contribution in [0.5, 0.6) is 5.75 Å². The van der Waals surface area contributed by atoms with Gasteiger partial charge in [-0.15, -0.1) is 0 Å². The molecule has 3 aromatic rings. The molecule has 10 heteroatoms. The lowest BCUT2D eigenvalue weighted by Gasteiger charge is -2.17. The fourth-order valence-electron chi connectivity index (χ4n) is 3.36. The molecule has 182 valence electrons. The van der Waals surface area contributed by atoms with E-state index in [2.05, 4.69) is 56.5 Å². The minimum Gasteiger partial charge on any atom is -0.492 e. The first-order valence-corrected chi connectivity index (χ1v) is 11.7. The Hall–Kier alpha value is -3.84. The monoisotopic (exact) mass is 537 g/mol. The second-order valence-corrected chi connectivity index (χ2v) is 8.70. The largest absolute Gasteiger partial charge is 0.492 e. The Morgan fingerprint density at radius 1 is 1.31 bits per heavy atom. The molecule has 2 N–H and O–H groups in total. The van der Waals surface area contributed by atoms with E-state index in [1.807, 2.05) is 26.2 Å². The lowest BCUT2D eigenvalue weighted by atomic mass is 10.00. The zero-order chi connectivity index (χ0) is 25.5. The normalized spacial score (nSPS) is 13.0. The molecule has 0 amide bonds. The third kappa shape index (κ3) is 6.39. The topological polar surface area (TPSA) is 113 Å². The lowest BCUT2D eigenvalue weighted by molar-refractivity contribution is 0.306. The van der Waals surface area contributed by atoms with Gasteiger partial charge < -0.3 is 14.8 Å². The Balaban J connectivity index is 2.13. The summed E-state index contributed by atoms with van der Waals surface area (Å²) in [5.74, 6) is 2.36. The number of rotatable bonds is 8. The van der Waals surface area contributed by atoms with Crippen molar-refractivity contribution >= 4 is 33.2 Å². The fraction of sp³-hybridized carbons (Fsp3) is 0.280. The first-order chi connectivity index (χ1) is 16.7. The van der Waals surface area contributed by atoms with Crippen molar-refractivity contribution in [3.05, 3.63) is 75.1 Å². The maximum absolute atomic E-state index is 9.32. The molecule has 0 unspecified atom stereocenters. The van der Waals surface area contributed by atoms with Crippen molar-refractivity contribution < 1.29 is 9.47 Å². The van der Waals surface area contributed by atoms with Crippen LogP contribution in [-0.4, -0.2) is 33.0 Å². The van der Waals surface area contributed by atoms with Crippen molar-refractivity contribution in [2.24, 2.45) is 12.0 Å².